The fourth-order valence-electron chi connectivity index (χ4n) is 1.99. The highest BCUT2D eigenvalue weighted by Gasteiger charge is 2.23. The second kappa shape index (κ2) is 5.71. The molecule has 4 nitrogen and oxygen atoms in total. The molecule has 0 unspecified atom stereocenters. The molecular formula is C13H22N2O2S. The Morgan fingerprint density at radius 3 is 2.06 bits per heavy atom. The van der Waals surface area contributed by atoms with E-state index in [0.717, 1.165) is 23.4 Å². The highest BCUT2D eigenvalue weighted by atomic mass is 32.2. The average Bonchev–Trinajstić information content (AvgIpc) is 2.26. The third-order valence-corrected chi connectivity index (χ3v) is 5.19. The van der Waals surface area contributed by atoms with Crippen LogP contribution in [0.3, 0.4) is 0 Å². The summed E-state index contributed by atoms with van der Waals surface area (Å²) in [4.78, 5) is 0.425. The monoisotopic (exact) mass is 270 g/mol. The first-order valence-electron chi connectivity index (χ1n) is 6.16. The molecule has 0 aliphatic rings. The Labute approximate surface area is 110 Å². The van der Waals surface area contributed by atoms with Crippen LogP contribution in [0.2, 0.25) is 0 Å². The smallest absolute Gasteiger partial charge is 0.243 e. The molecule has 18 heavy (non-hydrogen) atoms. The van der Waals surface area contributed by atoms with E-state index in [0.29, 0.717) is 11.4 Å². The van der Waals surface area contributed by atoms with Crippen molar-refractivity contribution in [2.75, 3.05) is 25.5 Å². The molecule has 0 spiro atoms. The van der Waals surface area contributed by atoms with Crippen LogP contribution in [-0.2, 0) is 10.0 Å². The van der Waals surface area contributed by atoms with Gasteiger partial charge in [0.05, 0.1) is 4.90 Å². The number of hydrogen-bond acceptors (Lipinski definition) is 3. The maximum Gasteiger partial charge on any atom is 0.243 e. The summed E-state index contributed by atoms with van der Waals surface area (Å²) in [6, 6.07) is 3.76. The van der Waals surface area contributed by atoms with Crippen LogP contribution < -0.4 is 5.32 Å². The van der Waals surface area contributed by atoms with Gasteiger partial charge in [0.1, 0.15) is 0 Å². The fraction of sp³-hybridized carbons (Fsp3) is 0.538. The molecular weight excluding hydrogens is 248 g/mol. The van der Waals surface area contributed by atoms with E-state index < -0.39 is 10.0 Å². The van der Waals surface area contributed by atoms with Crippen molar-refractivity contribution in [2.45, 2.75) is 32.6 Å². The van der Waals surface area contributed by atoms with Crippen LogP contribution in [0, 0.1) is 13.8 Å². The summed E-state index contributed by atoms with van der Waals surface area (Å²) in [6.07, 6.45) is 0. The van der Waals surface area contributed by atoms with E-state index in [9.17, 15) is 8.42 Å². The van der Waals surface area contributed by atoms with Gasteiger partial charge in [-0.1, -0.05) is 6.92 Å². The highest BCUT2D eigenvalue weighted by molar-refractivity contribution is 7.89. The van der Waals surface area contributed by atoms with E-state index in [-0.39, 0.29) is 0 Å². The number of rotatable bonds is 5. The molecule has 0 amide bonds. The molecule has 0 saturated heterocycles. The van der Waals surface area contributed by atoms with E-state index in [1.165, 1.54) is 4.31 Å². The number of aryl methyl sites for hydroxylation is 2. The van der Waals surface area contributed by atoms with Crippen LogP contribution in [0.1, 0.15) is 25.0 Å². The number of nitrogens with zero attached hydrogens (tertiary/aromatic N) is 1. The summed E-state index contributed by atoms with van der Waals surface area (Å²) < 4.78 is 26.1. The summed E-state index contributed by atoms with van der Waals surface area (Å²) in [7, 11) is -1.77. The first-order valence-corrected chi connectivity index (χ1v) is 7.60. The molecule has 5 heteroatoms. The zero-order chi connectivity index (χ0) is 13.9. The van der Waals surface area contributed by atoms with Gasteiger partial charge in [-0.3, -0.25) is 0 Å². The molecule has 0 atom stereocenters. The van der Waals surface area contributed by atoms with E-state index >= 15 is 0 Å². The molecule has 0 radical (unpaired) electrons. The lowest BCUT2D eigenvalue weighted by atomic mass is 10.1. The zero-order valence-electron chi connectivity index (χ0n) is 11.7. The Kier molecular flexibility index (Phi) is 4.76. The van der Waals surface area contributed by atoms with Gasteiger partial charge in [-0.25, -0.2) is 12.7 Å². The third-order valence-electron chi connectivity index (χ3n) is 2.95. The largest absolute Gasteiger partial charge is 0.385 e. The molecule has 0 aromatic heterocycles. The average molecular weight is 270 g/mol. The maximum absolute atomic E-state index is 12.4. The van der Waals surface area contributed by atoms with Crippen molar-refractivity contribution in [3.8, 4) is 0 Å². The summed E-state index contributed by atoms with van der Waals surface area (Å²) in [5.74, 6) is 0. The molecule has 0 aliphatic carbocycles. The number of sulfonamides is 1. The Morgan fingerprint density at radius 2 is 1.67 bits per heavy atom. The first-order chi connectivity index (χ1) is 8.34. The molecule has 102 valence electrons. The van der Waals surface area contributed by atoms with Crippen molar-refractivity contribution in [2.24, 2.45) is 0 Å². The quantitative estimate of drug-likeness (QED) is 0.893. The summed E-state index contributed by atoms with van der Waals surface area (Å²) in [5, 5.41) is 3.20. The lowest BCUT2D eigenvalue weighted by molar-refractivity contribution is 0.485. The standard InChI is InChI=1S/C13H22N2O2S/c1-6-14-12-8-10(3)13(11(4)9-12)18(16,17)15(5)7-2/h8-9,14H,6-7H2,1-5H3. The molecule has 1 aromatic rings. The first kappa shape index (κ1) is 15.0. The van der Waals surface area contributed by atoms with Crippen molar-refractivity contribution >= 4 is 15.7 Å². The van der Waals surface area contributed by atoms with E-state index in [1.807, 2.05) is 39.8 Å². The van der Waals surface area contributed by atoms with E-state index in [2.05, 4.69) is 5.32 Å². The fourth-order valence-corrected chi connectivity index (χ4v) is 3.57. The minimum atomic E-state index is -3.38. The molecule has 0 bridgehead atoms. The maximum atomic E-state index is 12.4. The lowest BCUT2D eigenvalue weighted by Crippen LogP contribution is -2.27. The van der Waals surface area contributed by atoms with Gasteiger partial charge in [0.15, 0.2) is 0 Å². The van der Waals surface area contributed by atoms with Gasteiger partial charge < -0.3 is 5.32 Å². The molecule has 0 fully saturated rings. The number of hydrogen-bond donors (Lipinski definition) is 1. The Bertz CT molecular complexity index is 501. The van der Waals surface area contributed by atoms with Gasteiger partial charge in [-0.15, -0.1) is 0 Å². The van der Waals surface area contributed by atoms with Gasteiger partial charge in [0, 0.05) is 25.8 Å². The lowest BCUT2D eigenvalue weighted by Gasteiger charge is -2.19. The van der Waals surface area contributed by atoms with Crippen LogP contribution in [0.15, 0.2) is 17.0 Å². The number of anilines is 1. The van der Waals surface area contributed by atoms with Gasteiger partial charge in [0.2, 0.25) is 10.0 Å². The van der Waals surface area contributed by atoms with Gasteiger partial charge >= 0.3 is 0 Å². The highest BCUT2D eigenvalue weighted by Crippen LogP contribution is 2.26. The minimum absolute atomic E-state index is 0.425. The van der Waals surface area contributed by atoms with Crippen molar-refractivity contribution in [1.29, 1.82) is 0 Å². The molecule has 1 N–H and O–H groups in total. The topological polar surface area (TPSA) is 49.4 Å². The third kappa shape index (κ3) is 2.84. The SMILES string of the molecule is CCNc1cc(C)c(S(=O)(=O)N(C)CC)c(C)c1. The van der Waals surface area contributed by atoms with Crippen LogP contribution >= 0.6 is 0 Å². The summed E-state index contributed by atoms with van der Waals surface area (Å²) in [6.45, 7) is 8.81. The molecule has 0 aliphatic heterocycles. The molecule has 0 saturated carbocycles. The van der Waals surface area contributed by atoms with E-state index in [4.69, 9.17) is 0 Å². The van der Waals surface area contributed by atoms with Gasteiger partial charge in [0.25, 0.3) is 0 Å². The predicted octanol–water partition coefficient (Wildman–Crippen LogP) is 2.38. The summed E-state index contributed by atoms with van der Waals surface area (Å²) >= 11 is 0. The molecule has 1 rings (SSSR count). The molecule has 1 aromatic carbocycles. The minimum Gasteiger partial charge on any atom is -0.385 e. The van der Waals surface area contributed by atoms with Crippen LogP contribution in [0.25, 0.3) is 0 Å². The van der Waals surface area contributed by atoms with Gasteiger partial charge in [-0.05, 0) is 44.0 Å². The van der Waals surface area contributed by atoms with Gasteiger partial charge in [-0.2, -0.15) is 0 Å². The van der Waals surface area contributed by atoms with E-state index in [1.54, 1.807) is 7.05 Å². The number of nitrogens with one attached hydrogen (secondary N) is 1. The Hall–Kier alpha value is -1.07. The van der Waals surface area contributed by atoms with Crippen molar-refractivity contribution in [1.82, 2.24) is 4.31 Å². The van der Waals surface area contributed by atoms with Crippen LogP contribution in [0.4, 0.5) is 5.69 Å². The number of benzene rings is 1. The summed E-state index contributed by atoms with van der Waals surface area (Å²) in [5.41, 5.74) is 2.53. The van der Waals surface area contributed by atoms with Crippen molar-refractivity contribution < 1.29 is 8.42 Å². The molecule has 0 heterocycles. The van der Waals surface area contributed by atoms with Crippen LogP contribution in [0.5, 0.6) is 0 Å². The second-order valence-electron chi connectivity index (χ2n) is 4.39. The van der Waals surface area contributed by atoms with Crippen LogP contribution in [-0.4, -0.2) is 32.9 Å². The predicted molar refractivity (Wildman–Crippen MR) is 75.6 cm³/mol. The normalized spacial score (nSPS) is 11.9. The Balaban J connectivity index is 3.35. The Morgan fingerprint density at radius 1 is 1.17 bits per heavy atom. The van der Waals surface area contributed by atoms with Crippen molar-refractivity contribution in [3.05, 3.63) is 23.3 Å². The zero-order valence-corrected chi connectivity index (χ0v) is 12.6. The van der Waals surface area contributed by atoms with Crippen molar-refractivity contribution in [3.63, 3.8) is 0 Å². The second-order valence-corrected chi connectivity index (χ2v) is 6.37.